The van der Waals surface area contributed by atoms with Crippen LogP contribution in [0.5, 0.6) is 0 Å². The number of esters is 1. The van der Waals surface area contributed by atoms with Gasteiger partial charge in [-0.1, -0.05) is 26.0 Å². The zero-order valence-electron chi connectivity index (χ0n) is 16.3. The van der Waals surface area contributed by atoms with Gasteiger partial charge in [0.25, 0.3) is 15.9 Å². The summed E-state index contributed by atoms with van der Waals surface area (Å²) in [5, 5.41) is 2.71. The van der Waals surface area contributed by atoms with Gasteiger partial charge in [0.2, 0.25) is 0 Å². The molecule has 0 saturated carbocycles. The third-order valence-corrected chi connectivity index (χ3v) is 5.62. The Hall–Kier alpha value is -2.94. The van der Waals surface area contributed by atoms with E-state index in [0.29, 0.717) is 0 Å². The van der Waals surface area contributed by atoms with Crippen LogP contribution in [0, 0.1) is 11.7 Å². The van der Waals surface area contributed by atoms with E-state index in [0.717, 1.165) is 24.3 Å². The number of anilines is 1. The van der Waals surface area contributed by atoms with E-state index in [-0.39, 0.29) is 28.1 Å². The second-order valence-electron chi connectivity index (χ2n) is 6.78. The van der Waals surface area contributed by atoms with Crippen molar-refractivity contribution in [3.63, 3.8) is 0 Å². The van der Waals surface area contributed by atoms with Crippen molar-refractivity contribution >= 4 is 27.6 Å². The predicted molar refractivity (Wildman–Crippen MR) is 106 cm³/mol. The highest BCUT2D eigenvalue weighted by Crippen LogP contribution is 2.21. The number of carbonyl (C=O) groups excluding carboxylic acids is 2. The molecule has 0 aliphatic rings. The molecule has 0 radical (unpaired) electrons. The van der Waals surface area contributed by atoms with E-state index in [4.69, 9.17) is 4.74 Å². The SMILES string of the molecule is CC(C)[C@H](C)NC(=O)COC(=O)c1ccccc1NS(=O)(=O)c1ccc(F)cc1. The van der Waals surface area contributed by atoms with Crippen molar-refractivity contribution in [2.75, 3.05) is 11.3 Å². The molecule has 0 aromatic heterocycles. The first-order valence-corrected chi connectivity index (χ1v) is 10.4. The molecule has 2 aromatic rings. The number of hydrogen-bond donors (Lipinski definition) is 2. The number of halogens is 1. The van der Waals surface area contributed by atoms with Crippen LogP contribution in [0.1, 0.15) is 31.1 Å². The normalized spacial score (nSPS) is 12.3. The van der Waals surface area contributed by atoms with Gasteiger partial charge in [0, 0.05) is 6.04 Å². The van der Waals surface area contributed by atoms with E-state index in [1.54, 1.807) is 0 Å². The Kier molecular flexibility index (Phi) is 7.33. The molecule has 0 spiro atoms. The molecule has 9 heteroatoms. The van der Waals surface area contributed by atoms with Crippen molar-refractivity contribution in [1.82, 2.24) is 5.32 Å². The molecule has 2 aromatic carbocycles. The second kappa shape index (κ2) is 9.51. The molecule has 2 rings (SSSR count). The fourth-order valence-corrected chi connectivity index (χ4v) is 3.32. The summed E-state index contributed by atoms with van der Waals surface area (Å²) in [5.74, 6) is -1.66. The van der Waals surface area contributed by atoms with Gasteiger partial charge in [0.1, 0.15) is 5.82 Å². The summed E-state index contributed by atoms with van der Waals surface area (Å²) < 4.78 is 45.3. The fourth-order valence-electron chi connectivity index (χ4n) is 2.24. The molecular weight excluding hydrogens is 399 g/mol. The van der Waals surface area contributed by atoms with E-state index < -0.39 is 34.3 Å². The van der Waals surface area contributed by atoms with Crippen molar-refractivity contribution < 1.29 is 27.1 Å². The topological polar surface area (TPSA) is 102 Å². The van der Waals surface area contributed by atoms with Gasteiger partial charge in [-0.2, -0.15) is 0 Å². The van der Waals surface area contributed by atoms with Crippen LogP contribution in [-0.2, 0) is 19.6 Å². The summed E-state index contributed by atoms with van der Waals surface area (Å²) in [5.41, 5.74) is -0.0688. The number of ether oxygens (including phenoxy) is 1. The number of amides is 1. The van der Waals surface area contributed by atoms with E-state index in [1.165, 1.54) is 24.3 Å². The van der Waals surface area contributed by atoms with Gasteiger partial charge in [-0.15, -0.1) is 0 Å². The fraction of sp³-hybridized carbons (Fsp3) is 0.300. The zero-order chi connectivity index (χ0) is 21.6. The molecule has 1 atom stereocenters. The van der Waals surface area contributed by atoms with E-state index in [1.807, 2.05) is 20.8 Å². The van der Waals surface area contributed by atoms with Crippen LogP contribution in [0.15, 0.2) is 53.4 Å². The van der Waals surface area contributed by atoms with Crippen molar-refractivity contribution in [3.8, 4) is 0 Å². The first kappa shape index (κ1) is 22.4. The lowest BCUT2D eigenvalue weighted by atomic mass is 10.1. The van der Waals surface area contributed by atoms with Gasteiger partial charge in [-0.05, 0) is 49.2 Å². The van der Waals surface area contributed by atoms with Crippen molar-refractivity contribution in [2.45, 2.75) is 31.7 Å². The molecule has 2 N–H and O–H groups in total. The largest absolute Gasteiger partial charge is 0.452 e. The monoisotopic (exact) mass is 422 g/mol. The maximum Gasteiger partial charge on any atom is 0.340 e. The van der Waals surface area contributed by atoms with E-state index >= 15 is 0 Å². The third-order valence-electron chi connectivity index (χ3n) is 4.24. The molecule has 0 aliphatic heterocycles. The first-order valence-electron chi connectivity index (χ1n) is 8.94. The second-order valence-corrected chi connectivity index (χ2v) is 8.46. The minimum absolute atomic E-state index is 0.0159. The van der Waals surface area contributed by atoms with E-state index in [9.17, 15) is 22.4 Å². The van der Waals surface area contributed by atoms with Gasteiger partial charge in [0.15, 0.2) is 6.61 Å². The van der Waals surface area contributed by atoms with Crippen LogP contribution in [0.3, 0.4) is 0 Å². The molecule has 0 fully saturated rings. The van der Waals surface area contributed by atoms with Crippen LogP contribution in [0.25, 0.3) is 0 Å². The van der Waals surface area contributed by atoms with Crippen LogP contribution in [-0.4, -0.2) is 32.9 Å². The van der Waals surface area contributed by atoms with Crippen LogP contribution in [0.4, 0.5) is 10.1 Å². The van der Waals surface area contributed by atoms with Crippen molar-refractivity contribution in [3.05, 3.63) is 59.9 Å². The summed E-state index contributed by atoms with van der Waals surface area (Å²) in [7, 11) is -4.05. The van der Waals surface area contributed by atoms with Crippen molar-refractivity contribution in [1.29, 1.82) is 0 Å². The Morgan fingerprint density at radius 1 is 1.03 bits per heavy atom. The average Bonchev–Trinajstić information content (AvgIpc) is 2.66. The average molecular weight is 422 g/mol. The molecule has 0 saturated heterocycles. The molecule has 0 bridgehead atoms. The van der Waals surface area contributed by atoms with Gasteiger partial charge in [-0.3, -0.25) is 9.52 Å². The van der Waals surface area contributed by atoms with Crippen LogP contribution in [0.2, 0.25) is 0 Å². The highest BCUT2D eigenvalue weighted by Gasteiger charge is 2.20. The highest BCUT2D eigenvalue weighted by molar-refractivity contribution is 7.92. The molecule has 0 aliphatic carbocycles. The Morgan fingerprint density at radius 2 is 1.66 bits per heavy atom. The Labute approximate surface area is 169 Å². The first-order chi connectivity index (χ1) is 13.6. The van der Waals surface area contributed by atoms with E-state index in [2.05, 4.69) is 10.0 Å². The molecule has 29 heavy (non-hydrogen) atoms. The lowest BCUT2D eigenvalue weighted by Gasteiger charge is -2.17. The minimum atomic E-state index is -4.05. The Bertz CT molecular complexity index is 975. The summed E-state index contributed by atoms with van der Waals surface area (Å²) in [6, 6.07) is 10.0. The lowest BCUT2D eigenvalue weighted by Crippen LogP contribution is -2.38. The molecule has 0 unspecified atom stereocenters. The molecule has 7 nitrogen and oxygen atoms in total. The third kappa shape index (κ3) is 6.28. The number of para-hydroxylation sites is 1. The number of sulfonamides is 1. The number of nitrogens with one attached hydrogen (secondary N) is 2. The summed E-state index contributed by atoms with van der Waals surface area (Å²) in [4.78, 5) is 24.1. The highest BCUT2D eigenvalue weighted by atomic mass is 32.2. The zero-order valence-corrected chi connectivity index (χ0v) is 17.1. The molecule has 1 amide bonds. The van der Waals surface area contributed by atoms with Crippen LogP contribution < -0.4 is 10.0 Å². The van der Waals surface area contributed by atoms with Gasteiger partial charge < -0.3 is 10.1 Å². The Morgan fingerprint density at radius 3 is 2.28 bits per heavy atom. The summed E-state index contributed by atoms with van der Waals surface area (Å²) in [6.45, 7) is 5.24. The number of carbonyl (C=O) groups is 2. The quantitative estimate of drug-likeness (QED) is 0.637. The number of rotatable bonds is 8. The van der Waals surface area contributed by atoms with Gasteiger partial charge in [0.05, 0.1) is 16.1 Å². The summed E-state index contributed by atoms with van der Waals surface area (Å²) >= 11 is 0. The van der Waals surface area contributed by atoms with Gasteiger partial charge in [-0.25, -0.2) is 17.6 Å². The maximum atomic E-state index is 13.0. The Balaban J connectivity index is 2.10. The predicted octanol–water partition coefficient (Wildman–Crippen LogP) is 2.94. The maximum absolute atomic E-state index is 13.0. The summed E-state index contributed by atoms with van der Waals surface area (Å²) in [6.07, 6.45) is 0. The molecule has 0 heterocycles. The van der Waals surface area contributed by atoms with Crippen LogP contribution >= 0.6 is 0 Å². The number of hydrogen-bond acceptors (Lipinski definition) is 5. The molecule has 156 valence electrons. The van der Waals surface area contributed by atoms with Crippen molar-refractivity contribution in [2.24, 2.45) is 5.92 Å². The van der Waals surface area contributed by atoms with Gasteiger partial charge >= 0.3 is 5.97 Å². The lowest BCUT2D eigenvalue weighted by molar-refractivity contribution is -0.125. The minimum Gasteiger partial charge on any atom is -0.452 e. The number of benzene rings is 2. The smallest absolute Gasteiger partial charge is 0.340 e. The molecular formula is C20H23FN2O5S. The standard InChI is InChI=1S/C20H23FN2O5S/c1-13(2)14(3)22-19(24)12-28-20(25)17-6-4-5-7-18(17)23-29(26,27)16-10-8-15(21)9-11-16/h4-11,13-14,23H,12H2,1-3H3,(H,22,24)/t14-/m0/s1.